The highest BCUT2D eigenvalue weighted by Gasteiger charge is 2.15. The monoisotopic (exact) mass is 339 g/mol. The van der Waals surface area contributed by atoms with Crippen molar-refractivity contribution in [1.29, 1.82) is 0 Å². The Kier molecular flexibility index (Phi) is 4.50. The van der Waals surface area contributed by atoms with Crippen LogP contribution >= 0.6 is 27.5 Å². The van der Waals surface area contributed by atoms with Crippen LogP contribution in [0, 0.1) is 6.92 Å². The van der Waals surface area contributed by atoms with Gasteiger partial charge >= 0.3 is 0 Å². The Morgan fingerprint density at radius 3 is 2.58 bits per heavy atom. The topological polar surface area (TPSA) is 35.2 Å². The first-order valence-corrected chi connectivity index (χ1v) is 7.05. The summed E-state index contributed by atoms with van der Waals surface area (Å²) in [4.78, 5) is 0. The molecule has 0 aliphatic heterocycles. The highest BCUT2D eigenvalue weighted by Crippen LogP contribution is 2.32. The van der Waals surface area contributed by atoms with Gasteiger partial charge in [0, 0.05) is 15.1 Å². The summed E-state index contributed by atoms with van der Waals surface area (Å²) in [6, 6.07) is 11.4. The fraction of sp³-hybridized carbons (Fsp3) is 0.200. The molecular weight excluding hydrogens is 326 g/mol. The standard InChI is InChI=1S/C15H15BrClNO/c1-9-7-10(3-5-13(9)17)15(18)12-8-11(16)4-6-14(12)19-2/h3-8,15H,18H2,1-2H3. The summed E-state index contributed by atoms with van der Waals surface area (Å²) in [5.41, 5.74) is 9.31. The number of hydrogen-bond acceptors (Lipinski definition) is 2. The molecule has 100 valence electrons. The molecule has 2 nitrogen and oxygen atoms in total. The van der Waals surface area contributed by atoms with Gasteiger partial charge in [-0.1, -0.05) is 39.7 Å². The number of halogens is 2. The first-order chi connectivity index (χ1) is 9.02. The van der Waals surface area contributed by atoms with Crippen LogP contribution in [0.25, 0.3) is 0 Å². The van der Waals surface area contributed by atoms with Crippen molar-refractivity contribution >= 4 is 27.5 Å². The summed E-state index contributed by atoms with van der Waals surface area (Å²) in [6.07, 6.45) is 0. The van der Waals surface area contributed by atoms with Crippen LogP contribution in [0.3, 0.4) is 0 Å². The van der Waals surface area contributed by atoms with E-state index in [2.05, 4.69) is 15.9 Å². The number of methoxy groups -OCH3 is 1. The average molecular weight is 341 g/mol. The van der Waals surface area contributed by atoms with Crippen molar-refractivity contribution in [1.82, 2.24) is 0 Å². The molecular formula is C15H15BrClNO. The van der Waals surface area contributed by atoms with Gasteiger partial charge in [0.05, 0.1) is 13.2 Å². The van der Waals surface area contributed by atoms with Crippen LogP contribution in [0.5, 0.6) is 5.75 Å². The summed E-state index contributed by atoms with van der Waals surface area (Å²) in [5.74, 6) is 0.781. The number of benzene rings is 2. The minimum Gasteiger partial charge on any atom is -0.496 e. The van der Waals surface area contributed by atoms with Crippen LogP contribution < -0.4 is 10.5 Å². The van der Waals surface area contributed by atoms with Gasteiger partial charge in [-0.25, -0.2) is 0 Å². The predicted octanol–water partition coefficient (Wildman–Crippen LogP) is 4.47. The van der Waals surface area contributed by atoms with E-state index in [1.165, 1.54) is 0 Å². The van der Waals surface area contributed by atoms with Gasteiger partial charge in [0.2, 0.25) is 0 Å². The van der Waals surface area contributed by atoms with E-state index < -0.39 is 0 Å². The molecule has 0 radical (unpaired) electrons. The van der Waals surface area contributed by atoms with Crippen molar-refractivity contribution in [2.24, 2.45) is 5.73 Å². The number of nitrogens with two attached hydrogens (primary N) is 1. The fourth-order valence-corrected chi connectivity index (χ4v) is 2.49. The third-order valence-corrected chi connectivity index (χ3v) is 3.99. The van der Waals surface area contributed by atoms with E-state index >= 15 is 0 Å². The molecule has 0 amide bonds. The third-order valence-electron chi connectivity index (χ3n) is 3.07. The Hall–Kier alpha value is -1.03. The van der Waals surface area contributed by atoms with Crippen molar-refractivity contribution in [2.75, 3.05) is 7.11 Å². The predicted molar refractivity (Wildman–Crippen MR) is 82.9 cm³/mol. The molecule has 1 unspecified atom stereocenters. The van der Waals surface area contributed by atoms with E-state index in [1.54, 1.807) is 7.11 Å². The van der Waals surface area contributed by atoms with Crippen molar-refractivity contribution in [3.05, 3.63) is 62.6 Å². The van der Waals surface area contributed by atoms with Crippen molar-refractivity contribution in [3.63, 3.8) is 0 Å². The Morgan fingerprint density at radius 2 is 1.95 bits per heavy atom. The molecule has 0 aliphatic rings. The lowest BCUT2D eigenvalue weighted by molar-refractivity contribution is 0.407. The lowest BCUT2D eigenvalue weighted by Crippen LogP contribution is -2.13. The van der Waals surface area contributed by atoms with Gasteiger partial charge < -0.3 is 10.5 Å². The first kappa shape index (κ1) is 14.4. The molecule has 0 aliphatic carbocycles. The van der Waals surface area contributed by atoms with Gasteiger partial charge in [-0.2, -0.15) is 0 Å². The molecule has 0 aromatic heterocycles. The molecule has 2 rings (SSSR count). The van der Waals surface area contributed by atoms with E-state index in [0.29, 0.717) is 0 Å². The highest BCUT2D eigenvalue weighted by molar-refractivity contribution is 9.10. The molecule has 0 heterocycles. The SMILES string of the molecule is COc1ccc(Br)cc1C(N)c1ccc(Cl)c(C)c1. The zero-order chi connectivity index (χ0) is 14.0. The second kappa shape index (κ2) is 5.95. The van der Waals surface area contributed by atoms with Crippen LogP contribution in [0.1, 0.15) is 22.7 Å². The Bertz CT molecular complexity index is 601. The molecule has 19 heavy (non-hydrogen) atoms. The lowest BCUT2D eigenvalue weighted by atomic mass is 9.97. The summed E-state index contributed by atoms with van der Waals surface area (Å²) in [5, 5.41) is 0.747. The zero-order valence-electron chi connectivity index (χ0n) is 10.8. The Labute approximate surface area is 126 Å². The summed E-state index contributed by atoms with van der Waals surface area (Å²) in [7, 11) is 1.65. The molecule has 1 atom stereocenters. The highest BCUT2D eigenvalue weighted by atomic mass is 79.9. The maximum absolute atomic E-state index is 6.34. The Balaban J connectivity index is 2.45. The molecule has 0 bridgehead atoms. The van der Waals surface area contributed by atoms with Crippen molar-refractivity contribution in [3.8, 4) is 5.75 Å². The van der Waals surface area contributed by atoms with Gasteiger partial charge in [0.15, 0.2) is 0 Å². The molecule has 0 spiro atoms. The van der Waals surface area contributed by atoms with Gasteiger partial charge in [0.25, 0.3) is 0 Å². The Morgan fingerprint density at radius 1 is 1.21 bits per heavy atom. The second-order valence-corrected chi connectivity index (χ2v) is 5.70. The van der Waals surface area contributed by atoms with E-state index in [9.17, 15) is 0 Å². The summed E-state index contributed by atoms with van der Waals surface area (Å²) in [6.45, 7) is 1.97. The van der Waals surface area contributed by atoms with Crippen LogP contribution in [0.15, 0.2) is 40.9 Å². The minimum absolute atomic E-state index is 0.247. The van der Waals surface area contributed by atoms with Crippen molar-refractivity contribution < 1.29 is 4.74 Å². The van der Waals surface area contributed by atoms with Crippen LogP contribution in [-0.2, 0) is 0 Å². The second-order valence-electron chi connectivity index (χ2n) is 4.37. The van der Waals surface area contributed by atoms with Crippen molar-refractivity contribution in [2.45, 2.75) is 13.0 Å². The fourth-order valence-electron chi connectivity index (χ4n) is 1.99. The number of ether oxygens (including phenoxy) is 1. The zero-order valence-corrected chi connectivity index (χ0v) is 13.1. The van der Waals surface area contributed by atoms with Gasteiger partial charge in [-0.15, -0.1) is 0 Å². The normalized spacial score (nSPS) is 12.3. The molecule has 0 saturated carbocycles. The average Bonchev–Trinajstić information content (AvgIpc) is 2.41. The van der Waals surface area contributed by atoms with Crippen LogP contribution in [-0.4, -0.2) is 7.11 Å². The number of aryl methyl sites for hydroxylation is 1. The third kappa shape index (κ3) is 3.11. The minimum atomic E-state index is -0.247. The smallest absolute Gasteiger partial charge is 0.124 e. The van der Waals surface area contributed by atoms with E-state index in [-0.39, 0.29) is 6.04 Å². The molecule has 2 aromatic rings. The first-order valence-electron chi connectivity index (χ1n) is 5.88. The molecule has 0 saturated heterocycles. The van der Waals surface area contributed by atoms with E-state index in [1.807, 2.05) is 43.3 Å². The van der Waals surface area contributed by atoms with Gasteiger partial charge in [0.1, 0.15) is 5.75 Å². The molecule has 0 fully saturated rings. The maximum Gasteiger partial charge on any atom is 0.124 e. The van der Waals surface area contributed by atoms with Crippen LogP contribution in [0.4, 0.5) is 0 Å². The van der Waals surface area contributed by atoms with Gasteiger partial charge in [-0.05, 0) is 42.3 Å². The number of rotatable bonds is 3. The lowest BCUT2D eigenvalue weighted by Gasteiger charge is -2.17. The molecule has 4 heteroatoms. The summed E-state index contributed by atoms with van der Waals surface area (Å²) < 4.78 is 6.35. The molecule has 2 aromatic carbocycles. The van der Waals surface area contributed by atoms with E-state index in [0.717, 1.165) is 31.9 Å². The number of hydrogen-bond donors (Lipinski definition) is 1. The van der Waals surface area contributed by atoms with Crippen LogP contribution in [0.2, 0.25) is 5.02 Å². The van der Waals surface area contributed by atoms with E-state index in [4.69, 9.17) is 22.1 Å². The summed E-state index contributed by atoms with van der Waals surface area (Å²) >= 11 is 9.50. The molecule has 2 N–H and O–H groups in total. The largest absolute Gasteiger partial charge is 0.496 e. The quantitative estimate of drug-likeness (QED) is 0.895. The maximum atomic E-state index is 6.34. The van der Waals surface area contributed by atoms with Gasteiger partial charge in [-0.3, -0.25) is 0 Å².